The zero-order chi connectivity index (χ0) is 21.3. The van der Waals surface area contributed by atoms with E-state index in [2.05, 4.69) is 36.3 Å². The van der Waals surface area contributed by atoms with E-state index in [1.165, 1.54) is 0 Å². The summed E-state index contributed by atoms with van der Waals surface area (Å²) < 4.78 is 6.68. The SMILES string of the molecule is Cc1[nH][nH]c(=O)c1C(c1ccc(OCc2ccccc2)c(Br)c1)c1c(C)[nH][nH]c1=O. The lowest BCUT2D eigenvalue weighted by molar-refractivity contribution is 0.304. The fourth-order valence-electron chi connectivity index (χ4n) is 3.63. The van der Waals surface area contributed by atoms with Crippen LogP contribution in [0.4, 0.5) is 0 Å². The Balaban J connectivity index is 1.74. The number of aryl methyl sites for hydroxylation is 2. The molecule has 0 bridgehead atoms. The van der Waals surface area contributed by atoms with Crippen LogP contribution in [-0.4, -0.2) is 20.4 Å². The number of ether oxygens (including phenoxy) is 1. The first kappa shape index (κ1) is 20.0. The molecule has 4 rings (SSSR count). The molecule has 8 heteroatoms. The molecule has 0 aliphatic carbocycles. The van der Waals surface area contributed by atoms with E-state index in [0.717, 1.165) is 15.6 Å². The summed E-state index contributed by atoms with van der Waals surface area (Å²) in [6, 6.07) is 15.5. The Morgan fingerprint density at radius 2 is 1.47 bits per heavy atom. The fraction of sp³-hybridized carbons (Fsp3) is 0.182. The van der Waals surface area contributed by atoms with Gasteiger partial charge < -0.3 is 14.9 Å². The molecule has 0 unspecified atom stereocenters. The van der Waals surface area contributed by atoms with Crippen LogP contribution < -0.4 is 15.9 Å². The molecule has 4 aromatic rings. The third kappa shape index (κ3) is 3.78. The van der Waals surface area contributed by atoms with Crippen molar-refractivity contribution in [2.24, 2.45) is 0 Å². The lowest BCUT2D eigenvalue weighted by atomic mass is 9.85. The molecule has 0 spiro atoms. The van der Waals surface area contributed by atoms with Crippen molar-refractivity contribution in [2.75, 3.05) is 0 Å². The predicted molar refractivity (Wildman–Crippen MR) is 118 cm³/mol. The summed E-state index contributed by atoms with van der Waals surface area (Å²) in [4.78, 5) is 25.1. The first-order chi connectivity index (χ1) is 14.5. The highest BCUT2D eigenvalue weighted by Gasteiger charge is 2.28. The summed E-state index contributed by atoms with van der Waals surface area (Å²) >= 11 is 3.58. The van der Waals surface area contributed by atoms with E-state index >= 15 is 0 Å². The minimum absolute atomic E-state index is 0.252. The molecular weight excluding hydrogens is 448 g/mol. The molecule has 2 aromatic heterocycles. The molecule has 154 valence electrons. The van der Waals surface area contributed by atoms with E-state index in [1.807, 2.05) is 62.4 Å². The van der Waals surface area contributed by atoms with Crippen molar-refractivity contribution in [1.82, 2.24) is 20.4 Å². The van der Waals surface area contributed by atoms with Crippen LogP contribution >= 0.6 is 15.9 Å². The highest BCUT2D eigenvalue weighted by atomic mass is 79.9. The number of hydrogen-bond donors (Lipinski definition) is 4. The molecule has 0 aliphatic heterocycles. The Hall–Kier alpha value is -3.26. The number of hydrogen-bond acceptors (Lipinski definition) is 3. The zero-order valence-corrected chi connectivity index (χ0v) is 18.1. The first-order valence-electron chi connectivity index (χ1n) is 9.46. The summed E-state index contributed by atoms with van der Waals surface area (Å²) in [7, 11) is 0. The van der Waals surface area contributed by atoms with Crippen molar-refractivity contribution >= 4 is 15.9 Å². The molecule has 4 N–H and O–H groups in total. The van der Waals surface area contributed by atoms with Gasteiger partial charge in [-0.3, -0.25) is 19.8 Å². The standard InChI is InChI=1S/C22H21BrN4O3/c1-12-18(21(28)26-24-12)20(19-13(2)25-27-22(19)29)15-8-9-17(16(23)10-15)30-11-14-6-4-3-5-7-14/h3-10,20H,11H2,1-2H3,(H2,24,26,28)(H2,25,27,29). The normalized spacial score (nSPS) is 11.2. The highest BCUT2D eigenvalue weighted by Crippen LogP contribution is 2.35. The zero-order valence-electron chi connectivity index (χ0n) is 16.5. The van der Waals surface area contributed by atoms with Crippen molar-refractivity contribution in [3.63, 3.8) is 0 Å². The fourth-order valence-corrected chi connectivity index (χ4v) is 4.14. The highest BCUT2D eigenvalue weighted by molar-refractivity contribution is 9.10. The number of benzene rings is 2. The average molecular weight is 469 g/mol. The molecule has 2 aromatic carbocycles. The van der Waals surface area contributed by atoms with E-state index in [9.17, 15) is 9.59 Å². The summed E-state index contributed by atoms with van der Waals surface area (Å²) in [5.41, 5.74) is 3.75. The van der Waals surface area contributed by atoms with Crippen LogP contribution in [0.25, 0.3) is 0 Å². The molecule has 0 saturated carbocycles. The minimum Gasteiger partial charge on any atom is -0.488 e. The van der Waals surface area contributed by atoms with Crippen LogP contribution in [0.5, 0.6) is 5.75 Å². The van der Waals surface area contributed by atoms with Gasteiger partial charge in [0, 0.05) is 17.3 Å². The minimum atomic E-state index is -0.533. The second kappa shape index (κ2) is 8.23. The predicted octanol–water partition coefficient (Wildman–Crippen LogP) is 3.86. The Bertz CT molecular complexity index is 1230. The third-order valence-electron chi connectivity index (χ3n) is 5.13. The van der Waals surface area contributed by atoms with E-state index in [1.54, 1.807) is 0 Å². The van der Waals surface area contributed by atoms with Gasteiger partial charge in [-0.15, -0.1) is 0 Å². The third-order valence-corrected chi connectivity index (χ3v) is 5.75. The molecular formula is C22H21BrN4O3. The Labute approximate surface area is 180 Å². The molecule has 0 amide bonds. The molecule has 0 atom stereocenters. The van der Waals surface area contributed by atoms with Gasteiger partial charge in [-0.2, -0.15) is 0 Å². The maximum absolute atomic E-state index is 12.5. The number of halogens is 1. The van der Waals surface area contributed by atoms with Gasteiger partial charge in [-0.25, -0.2) is 0 Å². The second-order valence-corrected chi connectivity index (χ2v) is 7.99. The van der Waals surface area contributed by atoms with Gasteiger partial charge in [-0.05, 0) is 53.0 Å². The van der Waals surface area contributed by atoms with Gasteiger partial charge >= 0.3 is 0 Å². The van der Waals surface area contributed by atoms with E-state index in [-0.39, 0.29) is 11.1 Å². The summed E-state index contributed by atoms with van der Waals surface area (Å²) in [6.45, 7) is 4.06. The van der Waals surface area contributed by atoms with E-state index in [4.69, 9.17) is 4.74 Å². The number of aromatic nitrogens is 4. The maximum atomic E-state index is 12.5. The number of H-pyrrole nitrogens is 4. The second-order valence-electron chi connectivity index (χ2n) is 7.13. The lowest BCUT2D eigenvalue weighted by Crippen LogP contribution is -2.20. The molecule has 0 fully saturated rings. The largest absolute Gasteiger partial charge is 0.488 e. The van der Waals surface area contributed by atoms with Crippen molar-refractivity contribution < 1.29 is 4.74 Å². The van der Waals surface area contributed by atoms with E-state index in [0.29, 0.717) is 34.9 Å². The maximum Gasteiger partial charge on any atom is 0.268 e. The van der Waals surface area contributed by atoms with Crippen LogP contribution in [-0.2, 0) is 6.61 Å². The van der Waals surface area contributed by atoms with Crippen LogP contribution in [0.15, 0.2) is 62.6 Å². The molecule has 30 heavy (non-hydrogen) atoms. The van der Waals surface area contributed by atoms with Gasteiger partial charge in [0.1, 0.15) is 12.4 Å². The van der Waals surface area contributed by atoms with Crippen LogP contribution in [0, 0.1) is 13.8 Å². The quantitative estimate of drug-likeness (QED) is 0.345. The van der Waals surface area contributed by atoms with Gasteiger partial charge in [0.05, 0.1) is 15.6 Å². The Kier molecular flexibility index (Phi) is 5.50. The van der Waals surface area contributed by atoms with Crippen LogP contribution in [0.1, 0.15) is 39.6 Å². The summed E-state index contributed by atoms with van der Waals surface area (Å²) in [5, 5.41) is 10.9. The van der Waals surface area contributed by atoms with Gasteiger partial charge in [0.15, 0.2) is 0 Å². The molecule has 0 saturated heterocycles. The van der Waals surface area contributed by atoms with Crippen molar-refractivity contribution in [2.45, 2.75) is 26.4 Å². The number of aromatic amines is 4. The Morgan fingerprint density at radius 1 is 0.867 bits per heavy atom. The smallest absolute Gasteiger partial charge is 0.268 e. The molecule has 2 heterocycles. The summed E-state index contributed by atoms with van der Waals surface area (Å²) in [6.07, 6.45) is 0. The Morgan fingerprint density at radius 3 is 1.97 bits per heavy atom. The monoisotopic (exact) mass is 468 g/mol. The average Bonchev–Trinajstić information content (AvgIpc) is 3.25. The van der Waals surface area contributed by atoms with Crippen molar-refractivity contribution in [3.8, 4) is 5.75 Å². The molecule has 0 radical (unpaired) electrons. The lowest BCUT2D eigenvalue weighted by Gasteiger charge is -2.17. The van der Waals surface area contributed by atoms with Gasteiger partial charge in [-0.1, -0.05) is 36.4 Å². The van der Waals surface area contributed by atoms with Crippen molar-refractivity contribution in [1.29, 1.82) is 0 Å². The molecule has 7 nitrogen and oxygen atoms in total. The first-order valence-corrected chi connectivity index (χ1v) is 10.3. The number of nitrogens with one attached hydrogen (secondary N) is 4. The molecule has 0 aliphatic rings. The van der Waals surface area contributed by atoms with E-state index < -0.39 is 5.92 Å². The van der Waals surface area contributed by atoms with Crippen molar-refractivity contribution in [3.05, 3.63) is 107 Å². The van der Waals surface area contributed by atoms with Crippen LogP contribution in [0.2, 0.25) is 0 Å². The van der Waals surface area contributed by atoms with Crippen LogP contribution in [0.3, 0.4) is 0 Å². The number of rotatable bonds is 6. The van der Waals surface area contributed by atoms with Gasteiger partial charge in [0.2, 0.25) is 0 Å². The summed E-state index contributed by atoms with van der Waals surface area (Å²) in [5.74, 6) is 0.148. The topological polar surface area (TPSA) is 107 Å². The van der Waals surface area contributed by atoms with Gasteiger partial charge in [0.25, 0.3) is 11.1 Å².